The largest absolute Gasteiger partial charge is 0.456 e. The molecule has 0 aliphatic carbocycles. The van der Waals surface area contributed by atoms with E-state index in [0.717, 1.165) is 38.8 Å². The summed E-state index contributed by atoms with van der Waals surface area (Å²) in [4.78, 5) is 0. The van der Waals surface area contributed by atoms with Gasteiger partial charge in [-0.1, -0.05) is 158 Å². The van der Waals surface area contributed by atoms with E-state index in [-0.39, 0.29) is 0 Å². The van der Waals surface area contributed by atoms with Crippen LogP contribution in [0.25, 0.3) is 76.9 Å². The van der Waals surface area contributed by atoms with Crippen molar-refractivity contribution in [3.8, 4) is 11.4 Å². The number of nitrogens with zero attached hydrogens (tertiary/aromatic N) is 2. The predicted molar refractivity (Wildman–Crippen MR) is 241 cm³/mol. The molecular formula is C55H36N2O. The normalized spacial score (nSPS) is 12.1. The molecule has 0 spiro atoms. The quantitative estimate of drug-likeness (QED) is 0.156. The number of aromatic nitrogens is 2. The maximum atomic E-state index is 6.22. The Morgan fingerprint density at radius 2 is 0.776 bits per heavy atom. The Labute approximate surface area is 335 Å². The van der Waals surface area contributed by atoms with Crippen molar-refractivity contribution in [2.75, 3.05) is 0 Å². The molecule has 0 aliphatic heterocycles. The van der Waals surface area contributed by atoms with Gasteiger partial charge in [0.1, 0.15) is 11.2 Å². The molecule has 12 rings (SSSR count). The van der Waals surface area contributed by atoms with Gasteiger partial charge in [-0.3, -0.25) is 0 Å². The van der Waals surface area contributed by atoms with E-state index in [1.54, 1.807) is 0 Å². The molecule has 58 heavy (non-hydrogen) atoms. The third kappa shape index (κ3) is 4.62. The molecule has 3 heteroatoms. The summed E-state index contributed by atoms with van der Waals surface area (Å²) in [6.45, 7) is 0. The number of rotatable bonds is 6. The number of benzene rings is 9. The van der Waals surface area contributed by atoms with Crippen LogP contribution in [-0.4, -0.2) is 9.13 Å². The van der Waals surface area contributed by atoms with Crippen molar-refractivity contribution in [2.45, 2.75) is 5.41 Å². The van der Waals surface area contributed by atoms with E-state index < -0.39 is 5.41 Å². The van der Waals surface area contributed by atoms with E-state index >= 15 is 0 Å². The van der Waals surface area contributed by atoms with Crippen molar-refractivity contribution in [3.63, 3.8) is 0 Å². The Morgan fingerprint density at radius 1 is 0.310 bits per heavy atom. The minimum absolute atomic E-state index is 0.586. The molecule has 0 amide bonds. The standard InChI is InChI=1S/C55H36N2O/c1-4-17-37(18-5-1)55(38-19-6-2-7-20-38,39-21-8-3-9-22-39)47-26-16-29-51-54(47)44-25-11-14-28-49(44)57(51)40-31-33-50-45(35-40)42-23-10-13-27-48(42)56(50)41-32-34-53-46(36-41)43-24-12-15-30-52(43)58-53/h1-36H. The van der Waals surface area contributed by atoms with Gasteiger partial charge in [0.2, 0.25) is 0 Å². The molecule has 0 saturated carbocycles. The Balaban J connectivity index is 1.14. The first-order chi connectivity index (χ1) is 28.8. The summed E-state index contributed by atoms with van der Waals surface area (Å²) in [5, 5.41) is 7.15. The fourth-order valence-corrected chi connectivity index (χ4v) is 9.87. The lowest BCUT2D eigenvalue weighted by Gasteiger charge is -2.37. The molecule has 9 aromatic carbocycles. The second-order valence-corrected chi connectivity index (χ2v) is 15.2. The molecule has 0 unspecified atom stereocenters. The van der Waals surface area contributed by atoms with Crippen LogP contribution in [0.3, 0.4) is 0 Å². The topological polar surface area (TPSA) is 23.0 Å². The molecular weight excluding hydrogens is 705 g/mol. The lowest BCUT2D eigenvalue weighted by Crippen LogP contribution is -2.31. The van der Waals surface area contributed by atoms with Crippen molar-refractivity contribution in [1.82, 2.24) is 9.13 Å². The summed E-state index contributed by atoms with van der Waals surface area (Å²) in [5.41, 5.74) is 13.1. The van der Waals surface area contributed by atoms with Gasteiger partial charge in [0, 0.05) is 43.7 Å². The van der Waals surface area contributed by atoms with Crippen LogP contribution in [0.15, 0.2) is 223 Å². The number of furan rings is 1. The van der Waals surface area contributed by atoms with Gasteiger partial charge in [-0.05, 0) is 82.9 Å². The van der Waals surface area contributed by atoms with Crippen molar-refractivity contribution in [2.24, 2.45) is 0 Å². The molecule has 3 aromatic heterocycles. The highest BCUT2D eigenvalue weighted by molar-refractivity contribution is 6.14. The van der Waals surface area contributed by atoms with Crippen molar-refractivity contribution in [1.29, 1.82) is 0 Å². The van der Waals surface area contributed by atoms with Crippen LogP contribution in [0, 0.1) is 0 Å². The molecule has 0 radical (unpaired) electrons. The smallest absolute Gasteiger partial charge is 0.135 e. The first-order valence-electron chi connectivity index (χ1n) is 19.9. The third-order valence-corrected chi connectivity index (χ3v) is 12.3. The Morgan fingerprint density at radius 3 is 1.45 bits per heavy atom. The van der Waals surface area contributed by atoms with Gasteiger partial charge < -0.3 is 13.6 Å². The number of hydrogen-bond donors (Lipinski definition) is 0. The fraction of sp³-hybridized carbons (Fsp3) is 0.0182. The number of para-hydroxylation sites is 3. The van der Waals surface area contributed by atoms with Crippen molar-refractivity contribution in [3.05, 3.63) is 241 Å². The van der Waals surface area contributed by atoms with Gasteiger partial charge in [0.15, 0.2) is 0 Å². The van der Waals surface area contributed by atoms with E-state index in [2.05, 4.69) is 215 Å². The maximum Gasteiger partial charge on any atom is 0.135 e. The third-order valence-electron chi connectivity index (χ3n) is 12.3. The molecule has 272 valence electrons. The van der Waals surface area contributed by atoms with Gasteiger partial charge >= 0.3 is 0 Å². The van der Waals surface area contributed by atoms with Gasteiger partial charge in [-0.15, -0.1) is 0 Å². The fourth-order valence-electron chi connectivity index (χ4n) is 9.87. The maximum absolute atomic E-state index is 6.22. The number of fused-ring (bicyclic) bond motifs is 9. The zero-order chi connectivity index (χ0) is 38.2. The molecule has 3 heterocycles. The second-order valence-electron chi connectivity index (χ2n) is 15.2. The average Bonchev–Trinajstić information content (AvgIpc) is 3.95. The highest BCUT2D eigenvalue weighted by atomic mass is 16.3. The van der Waals surface area contributed by atoms with Gasteiger partial charge in [-0.25, -0.2) is 0 Å². The Hall–Kier alpha value is -7.62. The van der Waals surface area contributed by atoms with Crippen LogP contribution in [-0.2, 0) is 5.41 Å². The highest BCUT2D eigenvalue weighted by Gasteiger charge is 2.40. The zero-order valence-electron chi connectivity index (χ0n) is 31.6. The van der Waals surface area contributed by atoms with E-state index in [4.69, 9.17) is 4.42 Å². The second kappa shape index (κ2) is 12.7. The molecule has 0 fully saturated rings. The van der Waals surface area contributed by atoms with Crippen molar-refractivity contribution < 1.29 is 4.42 Å². The zero-order valence-corrected chi connectivity index (χ0v) is 31.6. The summed E-state index contributed by atoms with van der Waals surface area (Å²) in [6.07, 6.45) is 0. The molecule has 0 bridgehead atoms. The van der Waals surface area contributed by atoms with Gasteiger partial charge in [-0.2, -0.15) is 0 Å². The lowest BCUT2D eigenvalue weighted by atomic mass is 9.64. The number of hydrogen-bond acceptors (Lipinski definition) is 1. The minimum atomic E-state index is -0.586. The summed E-state index contributed by atoms with van der Waals surface area (Å²) in [7, 11) is 0. The summed E-state index contributed by atoms with van der Waals surface area (Å²) < 4.78 is 11.1. The van der Waals surface area contributed by atoms with E-state index in [1.165, 1.54) is 60.3 Å². The van der Waals surface area contributed by atoms with E-state index in [9.17, 15) is 0 Å². The SMILES string of the molecule is c1ccc(C(c2ccccc2)(c2ccccc2)c2cccc3c2c2ccccc2n3-c2ccc3c(c2)c2ccccc2n3-c2ccc3oc4ccccc4c3c2)cc1. The summed E-state index contributed by atoms with van der Waals surface area (Å²) in [5.74, 6) is 0. The Bertz CT molecular complexity index is 3400. The molecule has 12 aromatic rings. The predicted octanol–water partition coefficient (Wildman–Crippen LogP) is 14.2. The van der Waals surface area contributed by atoms with Crippen LogP contribution in [0.2, 0.25) is 0 Å². The molecule has 0 N–H and O–H groups in total. The van der Waals surface area contributed by atoms with E-state index in [1.807, 2.05) is 12.1 Å². The Kier molecular flexibility index (Phi) is 7.14. The van der Waals surface area contributed by atoms with E-state index in [0.29, 0.717) is 0 Å². The highest BCUT2D eigenvalue weighted by Crippen LogP contribution is 2.50. The van der Waals surface area contributed by atoms with Crippen LogP contribution in [0.1, 0.15) is 22.3 Å². The molecule has 0 aliphatic rings. The summed E-state index contributed by atoms with van der Waals surface area (Å²) in [6, 6.07) is 79.4. The van der Waals surface area contributed by atoms with Crippen LogP contribution in [0.5, 0.6) is 0 Å². The lowest BCUT2D eigenvalue weighted by molar-refractivity contribution is 0.669. The molecule has 0 atom stereocenters. The first kappa shape index (κ1) is 32.6. The monoisotopic (exact) mass is 740 g/mol. The first-order valence-corrected chi connectivity index (χ1v) is 19.9. The molecule has 3 nitrogen and oxygen atoms in total. The molecule has 0 saturated heterocycles. The van der Waals surface area contributed by atoms with Gasteiger partial charge in [0.25, 0.3) is 0 Å². The van der Waals surface area contributed by atoms with Crippen LogP contribution >= 0.6 is 0 Å². The van der Waals surface area contributed by atoms with Crippen LogP contribution < -0.4 is 0 Å². The summed E-state index contributed by atoms with van der Waals surface area (Å²) >= 11 is 0. The van der Waals surface area contributed by atoms with Gasteiger partial charge in [0.05, 0.1) is 27.5 Å². The van der Waals surface area contributed by atoms with Crippen LogP contribution in [0.4, 0.5) is 0 Å². The minimum Gasteiger partial charge on any atom is -0.456 e. The average molecular weight is 741 g/mol. The van der Waals surface area contributed by atoms with Crippen molar-refractivity contribution >= 4 is 65.6 Å².